The number of ether oxygens (including phenoxy) is 1. The first-order chi connectivity index (χ1) is 10.1. The zero-order valence-corrected chi connectivity index (χ0v) is 12.3. The summed E-state index contributed by atoms with van der Waals surface area (Å²) in [4.78, 5) is 12.3. The number of aryl methyl sites for hydroxylation is 1. The summed E-state index contributed by atoms with van der Waals surface area (Å²) in [6.45, 7) is 4.63. The Hall–Kier alpha value is -2.49. The number of nitrogens with one attached hydrogen (secondary N) is 1. The van der Waals surface area contributed by atoms with Crippen molar-refractivity contribution in [3.63, 3.8) is 0 Å². The summed E-state index contributed by atoms with van der Waals surface area (Å²) in [5.41, 5.74) is 8.68. The SMILES string of the molecule is CCCOc1cccc(C(=O)Nc2ccc(C)cc2N)c1. The van der Waals surface area contributed by atoms with Crippen LogP contribution in [0.3, 0.4) is 0 Å². The van der Waals surface area contributed by atoms with Crippen LogP contribution in [0.5, 0.6) is 5.75 Å². The minimum absolute atomic E-state index is 0.201. The fourth-order valence-electron chi connectivity index (χ4n) is 1.94. The van der Waals surface area contributed by atoms with Crippen LogP contribution in [0.25, 0.3) is 0 Å². The minimum Gasteiger partial charge on any atom is -0.494 e. The first-order valence-electron chi connectivity index (χ1n) is 7.00. The van der Waals surface area contributed by atoms with E-state index in [1.54, 1.807) is 24.3 Å². The lowest BCUT2D eigenvalue weighted by Crippen LogP contribution is -2.13. The third kappa shape index (κ3) is 3.99. The molecule has 2 aromatic rings. The topological polar surface area (TPSA) is 64.3 Å². The molecule has 0 spiro atoms. The molecule has 0 atom stereocenters. The highest BCUT2D eigenvalue weighted by Gasteiger charge is 2.09. The van der Waals surface area contributed by atoms with Gasteiger partial charge in [0, 0.05) is 5.56 Å². The Labute approximate surface area is 124 Å². The molecule has 0 unspecified atom stereocenters. The largest absolute Gasteiger partial charge is 0.494 e. The number of carbonyl (C=O) groups is 1. The second-order valence-corrected chi connectivity index (χ2v) is 4.92. The van der Waals surface area contributed by atoms with Gasteiger partial charge in [0.1, 0.15) is 5.75 Å². The first kappa shape index (κ1) is 14.9. The van der Waals surface area contributed by atoms with Gasteiger partial charge in [0.15, 0.2) is 0 Å². The lowest BCUT2D eigenvalue weighted by Gasteiger charge is -2.10. The van der Waals surface area contributed by atoms with Crippen LogP contribution in [0, 0.1) is 6.92 Å². The molecule has 3 N–H and O–H groups in total. The monoisotopic (exact) mass is 284 g/mol. The van der Waals surface area contributed by atoms with Crippen LogP contribution in [0.4, 0.5) is 11.4 Å². The van der Waals surface area contributed by atoms with Crippen molar-refractivity contribution < 1.29 is 9.53 Å². The fraction of sp³-hybridized carbons (Fsp3) is 0.235. The Morgan fingerprint density at radius 2 is 2.05 bits per heavy atom. The molecule has 0 saturated carbocycles. The predicted molar refractivity (Wildman–Crippen MR) is 85.8 cm³/mol. The molecular formula is C17H20N2O2. The summed E-state index contributed by atoms with van der Waals surface area (Å²) in [5.74, 6) is 0.494. The third-order valence-electron chi connectivity index (χ3n) is 3.02. The molecule has 0 aliphatic heterocycles. The van der Waals surface area contributed by atoms with Crippen molar-refractivity contribution in [2.75, 3.05) is 17.7 Å². The highest BCUT2D eigenvalue weighted by atomic mass is 16.5. The van der Waals surface area contributed by atoms with Gasteiger partial charge in [0.05, 0.1) is 18.0 Å². The minimum atomic E-state index is -0.201. The van der Waals surface area contributed by atoms with Gasteiger partial charge in [-0.25, -0.2) is 0 Å². The van der Waals surface area contributed by atoms with Gasteiger partial charge >= 0.3 is 0 Å². The van der Waals surface area contributed by atoms with E-state index in [4.69, 9.17) is 10.5 Å². The van der Waals surface area contributed by atoms with E-state index in [9.17, 15) is 4.79 Å². The number of nitrogen functional groups attached to an aromatic ring is 1. The second kappa shape index (κ2) is 6.79. The summed E-state index contributed by atoms with van der Waals surface area (Å²) in [7, 11) is 0. The van der Waals surface area contributed by atoms with Crippen molar-refractivity contribution in [3.05, 3.63) is 53.6 Å². The van der Waals surface area contributed by atoms with Crippen molar-refractivity contribution in [3.8, 4) is 5.75 Å². The molecule has 21 heavy (non-hydrogen) atoms. The van der Waals surface area contributed by atoms with E-state index in [1.165, 1.54) is 0 Å². The molecule has 2 aromatic carbocycles. The number of hydrogen-bond donors (Lipinski definition) is 2. The van der Waals surface area contributed by atoms with Gasteiger partial charge in [-0.2, -0.15) is 0 Å². The summed E-state index contributed by atoms with van der Waals surface area (Å²) in [6.07, 6.45) is 0.927. The van der Waals surface area contributed by atoms with Crippen LogP contribution in [-0.2, 0) is 0 Å². The average molecular weight is 284 g/mol. The van der Waals surface area contributed by atoms with Crippen molar-refractivity contribution in [1.29, 1.82) is 0 Å². The quantitative estimate of drug-likeness (QED) is 0.824. The summed E-state index contributed by atoms with van der Waals surface area (Å²) in [5, 5.41) is 2.82. The Morgan fingerprint density at radius 1 is 1.24 bits per heavy atom. The molecule has 0 fully saturated rings. The zero-order valence-electron chi connectivity index (χ0n) is 12.3. The molecule has 0 heterocycles. The number of nitrogens with two attached hydrogens (primary N) is 1. The maximum atomic E-state index is 12.3. The number of benzene rings is 2. The Kier molecular flexibility index (Phi) is 4.82. The van der Waals surface area contributed by atoms with Gasteiger partial charge in [0.2, 0.25) is 0 Å². The molecule has 4 heteroatoms. The van der Waals surface area contributed by atoms with E-state index in [2.05, 4.69) is 5.32 Å². The molecule has 0 saturated heterocycles. The molecule has 0 bridgehead atoms. The summed E-state index contributed by atoms with van der Waals surface area (Å²) < 4.78 is 5.53. The van der Waals surface area contributed by atoms with Gasteiger partial charge in [-0.05, 0) is 49.2 Å². The van der Waals surface area contributed by atoms with Crippen LogP contribution in [0.15, 0.2) is 42.5 Å². The number of carbonyl (C=O) groups excluding carboxylic acids is 1. The zero-order chi connectivity index (χ0) is 15.2. The molecule has 0 radical (unpaired) electrons. The van der Waals surface area contributed by atoms with E-state index in [0.29, 0.717) is 29.3 Å². The van der Waals surface area contributed by atoms with E-state index in [1.807, 2.05) is 32.0 Å². The molecule has 110 valence electrons. The Bertz CT molecular complexity index is 638. The highest BCUT2D eigenvalue weighted by molar-refractivity contribution is 6.05. The van der Waals surface area contributed by atoms with Gasteiger partial charge in [-0.1, -0.05) is 19.1 Å². The summed E-state index contributed by atoms with van der Waals surface area (Å²) >= 11 is 0. The van der Waals surface area contributed by atoms with Crippen LogP contribution < -0.4 is 15.8 Å². The number of hydrogen-bond acceptors (Lipinski definition) is 3. The number of anilines is 2. The Balaban J connectivity index is 2.12. The molecule has 4 nitrogen and oxygen atoms in total. The maximum absolute atomic E-state index is 12.3. The Morgan fingerprint density at radius 3 is 2.76 bits per heavy atom. The van der Waals surface area contributed by atoms with Crippen LogP contribution in [-0.4, -0.2) is 12.5 Å². The predicted octanol–water partition coefficient (Wildman–Crippen LogP) is 3.62. The third-order valence-corrected chi connectivity index (χ3v) is 3.02. The van der Waals surface area contributed by atoms with E-state index in [0.717, 1.165) is 12.0 Å². The smallest absolute Gasteiger partial charge is 0.255 e. The first-order valence-corrected chi connectivity index (χ1v) is 7.00. The number of rotatable bonds is 5. The maximum Gasteiger partial charge on any atom is 0.255 e. The normalized spacial score (nSPS) is 10.2. The molecule has 2 rings (SSSR count). The van der Waals surface area contributed by atoms with Crippen LogP contribution in [0.2, 0.25) is 0 Å². The van der Waals surface area contributed by atoms with Crippen molar-refractivity contribution in [2.24, 2.45) is 0 Å². The van der Waals surface area contributed by atoms with Crippen LogP contribution >= 0.6 is 0 Å². The van der Waals surface area contributed by atoms with Crippen molar-refractivity contribution in [1.82, 2.24) is 0 Å². The lowest BCUT2D eigenvalue weighted by molar-refractivity contribution is 0.102. The molecule has 0 aliphatic rings. The van der Waals surface area contributed by atoms with Gasteiger partial charge < -0.3 is 15.8 Å². The molecular weight excluding hydrogens is 264 g/mol. The lowest BCUT2D eigenvalue weighted by atomic mass is 10.1. The summed E-state index contributed by atoms with van der Waals surface area (Å²) in [6, 6.07) is 12.7. The van der Waals surface area contributed by atoms with E-state index < -0.39 is 0 Å². The number of amides is 1. The highest BCUT2D eigenvalue weighted by Crippen LogP contribution is 2.21. The van der Waals surface area contributed by atoms with Gasteiger partial charge in [-0.15, -0.1) is 0 Å². The fourth-order valence-corrected chi connectivity index (χ4v) is 1.94. The second-order valence-electron chi connectivity index (χ2n) is 4.92. The molecule has 1 amide bonds. The van der Waals surface area contributed by atoms with Crippen molar-refractivity contribution >= 4 is 17.3 Å². The van der Waals surface area contributed by atoms with E-state index >= 15 is 0 Å². The van der Waals surface area contributed by atoms with Crippen LogP contribution in [0.1, 0.15) is 29.3 Å². The molecule has 0 aromatic heterocycles. The molecule has 0 aliphatic carbocycles. The van der Waals surface area contributed by atoms with Crippen molar-refractivity contribution in [2.45, 2.75) is 20.3 Å². The van der Waals surface area contributed by atoms with Gasteiger partial charge in [0.25, 0.3) is 5.91 Å². The average Bonchev–Trinajstić information content (AvgIpc) is 2.48. The standard InChI is InChI=1S/C17H20N2O2/c1-3-9-21-14-6-4-5-13(11-14)17(20)19-16-8-7-12(2)10-15(16)18/h4-8,10-11H,3,9,18H2,1-2H3,(H,19,20). The van der Waals surface area contributed by atoms with Gasteiger partial charge in [-0.3, -0.25) is 4.79 Å². The van der Waals surface area contributed by atoms with E-state index in [-0.39, 0.29) is 5.91 Å².